The minimum Gasteiger partial charge on any atom is -0.496 e. The predicted molar refractivity (Wildman–Crippen MR) is 85.1 cm³/mol. The van der Waals surface area contributed by atoms with E-state index in [1.165, 1.54) is 0 Å². The SMILES string of the molecule is COc1cc(Br)ccc1-c1nc2cc(C#N)ccc2n1C. The molecule has 1 heterocycles. The molecule has 5 heteroatoms. The quantitative estimate of drug-likeness (QED) is 0.710. The van der Waals surface area contributed by atoms with Crippen LogP contribution in [-0.2, 0) is 7.05 Å². The summed E-state index contributed by atoms with van der Waals surface area (Å²) in [5, 5.41) is 8.99. The highest BCUT2D eigenvalue weighted by Crippen LogP contribution is 2.33. The van der Waals surface area contributed by atoms with Crippen LogP contribution in [0.2, 0.25) is 0 Å². The van der Waals surface area contributed by atoms with Crippen LogP contribution in [0.3, 0.4) is 0 Å². The summed E-state index contributed by atoms with van der Waals surface area (Å²) in [6, 6.07) is 13.5. The molecule has 3 rings (SSSR count). The summed E-state index contributed by atoms with van der Waals surface area (Å²) in [5.74, 6) is 1.56. The highest BCUT2D eigenvalue weighted by atomic mass is 79.9. The fraction of sp³-hybridized carbons (Fsp3) is 0.125. The van der Waals surface area contributed by atoms with E-state index in [4.69, 9.17) is 10.00 Å². The Labute approximate surface area is 130 Å². The van der Waals surface area contributed by atoms with Gasteiger partial charge < -0.3 is 9.30 Å². The van der Waals surface area contributed by atoms with E-state index in [2.05, 4.69) is 27.0 Å². The molecule has 1 aromatic heterocycles. The molecule has 4 nitrogen and oxygen atoms in total. The topological polar surface area (TPSA) is 50.8 Å². The molecule has 0 atom stereocenters. The Morgan fingerprint density at radius 3 is 2.76 bits per heavy atom. The number of ether oxygens (including phenoxy) is 1. The van der Waals surface area contributed by atoms with Crippen LogP contribution in [0.5, 0.6) is 5.75 Å². The van der Waals surface area contributed by atoms with E-state index < -0.39 is 0 Å². The van der Waals surface area contributed by atoms with E-state index in [1.807, 2.05) is 35.9 Å². The van der Waals surface area contributed by atoms with Gasteiger partial charge in [-0.1, -0.05) is 15.9 Å². The minimum atomic E-state index is 0.606. The Balaban J connectivity index is 2.26. The standard InChI is InChI=1S/C16H12BrN3O/c1-20-14-6-3-10(9-18)7-13(14)19-16(20)12-5-4-11(17)8-15(12)21-2/h3-8H,1-2H3. The summed E-state index contributed by atoms with van der Waals surface area (Å²) in [5.41, 5.74) is 3.30. The van der Waals surface area contributed by atoms with E-state index in [0.717, 1.165) is 32.6 Å². The molecule has 0 unspecified atom stereocenters. The molecule has 0 aliphatic carbocycles. The molecule has 0 aliphatic heterocycles. The van der Waals surface area contributed by atoms with Gasteiger partial charge in [0.2, 0.25) is 0 Å². The minimum absolute atomic E-state index is 0.606. The monoisotopic (exact) mass is 341 g/mol. The lowest BCUT2D eigenvalue weighted by Gasteiger charge is -2.09. The van der Waals surface area contributed by atoms with Gasteiger partial charge in [-0.3, -0.25) is 0 Å². The average Bonchev–Trinajstić information content (AvgIpc) is 2.83. The summed E-state index contributed by atoms with van der Waals surface area (Å²) >= 11 is 3.44. The van der Waals surface area contributed by atoms with E-state index in [-0.39, 0.29) is 0 Å². The van der Waals surface area contributed by atoms with Gasteiger partial charge in [0.15, 0.2) is 0 Å². The fourth-order valence-electron chi connectivity index (χ4n) is 2.36. The van der Waals surface area contributed by atoms with Gasteiger partial charge in [0.05, 0.1) is 35.3 Å². The maximum absolute atomic E-state index is 8.99. The van der Waals surface area contributed by atoms with Crippen molar-refractivity contribution >= 4 is 27.0 Å². The summed E-state index contributed by atoms with van der Waals surface area (Å²) in [6.07, 6.45) is 0. The van der Waals surface area contributed by atoms with Crippen molar-refractivity contribution in [1.29, 1.82) is 5.26 Å². The first-order valence-corrected chi connectivity index (χ1v) is 7.14. The Morgan fingerprint density at radius 2 is 2.05 bits per heavy atom. The van der Waals surface area contributed by atoms with Crippen molar-refractivity contribution in [3.63, 3.8) is 0 Å². The molecular weight excluding hydrogens is 330 g/mol. The second-order valence-corrected chi connectivity index (χ2v) is 5.57. The van der Waals surface area contributed by atoms with Crippen LogP contribution in [-0.4, -0.2) is 16.7 Å². The Kier molecular flexibility index (Phi) is 3.40. The number of hydrogen-bond acceptors (Lipinski definition) is 3. The first-order valence-electron chi connectivity index (χ1n) is 6.34. The van der Waals surface area contributed by atoms with Gasteiger partial charge in [0.25, 0.3) is 0 Å². The summed E-state index contributed by atoms with van der Waals surface area (Å²) < 4.78 is 8.40. The van der Waals surface area contributed by atoms with Gasteiger partial charge in [0, 0.05) is 11.5 Å². The summed E-state index contributed by atoms with van der Waals surface area (Å²) in [7, 11) is 3.60. The number of aryl methyl sites for hydroxylation is 1. The number of nitriles is 1. The molecule has 0 amide bonds. The van der Waals surface area contributed by atoms with Crippen LogP contribution in [0.1, 0.15) is 5.56 Å². The molecular formula is C16H12BrN3O. The van der Waals surface area contributed by atoms with Crippen LogP contribution in [0.15, 0.2) is 40.9 Å². The zero-order valence-corrected chi connectivity index (χ0v) is 13.2. The first-order chi connectivity index (χ1) is 10.1. The van der Waals surface area contributed by atoms with Crippen LogP contribution in [0.4, 0.5) is 0 Å². The zero-order valence-electron chi connectivity index (χ0n) is 11.6. The lowest BCUT2D eigenvalue weighted by molar-refractivity contribution is 0.415. The molecule has 21 heavy (non-hydrogen) atoms. The third-order valence-corrected chi connectivity index (χ3v) is 3.91. The zero-order chi connectivity index (χ0) is 15.0. The average molecular weight is 342 g/mol. The van der Waals surface area contributed by atoms with Crippen LogP contribution in [0.25, 0.3) is 22.4 Å². The summed E-state index contributed by atoms with van der Waals surface area (Å²) in [4.78, 5) is 4.65. The highest BCUT2D eigenvalue weighted by Gasteiger charge is 2.14. The molecule has 104 valence electrons. The van der Waals surface area contributed by atoms with Crippen LogP contribution >= 0.6 is 15.9 Å². The van der Waals surface area contributed by atoms with Crippen LogP contribution < -0.4 is 4.74 Å². The second-order valence-electron chi connectivity index (χ2n) is 4.65. The second kappa shape index (κ2) is 5.23. The third kappa shape index (κ3) is 2.28. The summed E-state index contributed by atoms with van der Waals surface area (Å²) in [6.45, 7) is 0. The largest absolute Gasteiger partial charge is 0.496 e. The van der Waals surface area contributed by atoms with E-state index in [9.17, 15) is 0 Å². The van der Waals surface area contributed by atoms with Gasteiger partial charge in [-0.05, 0) is 36.4 Å². The van der Waals surface area contributed by atoms with Gasteiger partial charge in [-0.15, -0.1) is 0 Å². The molecule has 0 saturated heterocycles. The van der Waals surface area contributed by atoms with Crippen molar-refractivity contribution in [2.45, 2.75) is 0 Å². The van der Waals surface area contributed by atoms with Gasteiger partial charge in [-0.25, -0.2) is 4.98 Å². The molecule has 0 spiro atoms. The molecule has 3 aromatic rings. The van der Waals surface area contributed by atoms with E-state index >= 15 is 0 Å². The number of methoxy groups -OCH3 is 1. The smallest absolute Gasteiger partial charge is 0.144 e. The number of aromatic nitrogens is 2. The van der Waals surface area contributed by atoms with Gasteiger partial charge in [0.1, 0.15) is 11.6 Å². The maximum Gasteiger partial charge on any atom is 0.144 e. The Morgan fingerprint density at radius 1 is 1.24 bits per heavy atom. The molecule has 0 saturated carbocycles. The number of benzene rings is 2. The van der Waals surface area contributed by atoms with Crippen molar-refractivity contribution in [2.75, 3.05) is 7.11 Å². The molecule has 2 aromatic carbocycles. The van der Waals surface area contributed by atoms with Crippen molar-refractivity contribution < 1.29 is 4.74 Å². The molecule has 0 bridgehead atoms. The number of imidazole rings is 1. The van der Waals surface area contributed by atoms with Crippen molar-refractivity contribution in [3.05, 3.63) is 46.4 Å². The van der Waals surface area contributed by atoms with E-state index in [0.29, 0.717) is 5.56 Å². The van der Waals surface area contributed by atoms with Crippen molar-refractivity contribution in [3.8, 4) is 23.2 Å². The molecule has 0 fully saturated rings. The highest BCUT2D eigenvalue weighted by molar-refractivity contribution is 9.10. The Bertz CT molecular complexity index is 877. The normalized spacial score (nSPS) is 10.6. The molecule has 0 aliphatic rings. The van der Waals surface area contributed by atoms with Crippen molar-refractivity contribution in [1.82, 2.24) is 9.55 Å². The van der Waals surface area contributed by atoms with Gasteiger partial charge in [-0.2, -0.15) is 5.26 Å². The first kappa shape index (κ1) is 13.7. The number of hydrogen-bond donors (Lipinski definition) is 0. The number of nitrogens with zero attached hydrogens (tertiary/aromatic N) is 3. The maximum atomic E-state index is 8.99. The molecule has 0 N–H and O–H groups in total. The lowest BCUT2D eigenvalue weighted by Crippen LogP contribution is -1.95. The lowest BCUT2D eigenvalue weighted by atomic mass is 10.2. The number of rotatable bonds is 2. The fourth-order valence-corrected chi connectivity index (χ4v) is 2.70. The van der Waals surface area contributed by atoms with Crippen molar-refractivity contribution in [2.24, 2.45) is 7.05 Å². The number of fused-ring (bicyclic) bond motifs is 1. The van der Waals surface area contributed by atoms with Gasteiger partial charge >= 0.3 is 0 Å². The van der Waals surface area contributed by atoms with Crippen LogP contribution in [0, 0.1) is 11.3 Å². The van der Waals surface area contributed by atoms with E-state index in [1.54, 1.807) is 19.2 Å². The molecule has 0 radical (unpaired) electrons. The third-order valence-electron chi connectivity index (χ3n) is 3.41. The predicted octanol–water partition coefficient (Wildman–Crippen LogP) is 3.88. The Hall–Kier alpha value is -2.32. The number of halogens is 1.